The summed E-state index contributed by atoms with van der Waals surface area (Å²) in [5, 5.41) is 0. The van der Waals surface area contributed by atoms with E-state index in [2.05, 4.69) is 56.3 Å². The van der Waals surface area contributed by atoms with Crippen LogP contribution in [0.3, 0.4) is 0 Å². The van der Waals surface area contributed by atoms with Crippen LogP contribution in [0.2, 0.25) is 0 Å². The first-order chi connectivity index (χ1) is 12.1. The van der Waals surface area contributed by atoms with Gasteiger partial charge in [0, 0.05) is 12.6 Å². The Morgan fingerprint density at radius 1 is 1.12 bits per heavy atom. The molecule has 2 aromatic carbocycles. The van der Waals surface area contributed by atoms with E-state index in [1.165, 1.54) is 28.7 Å². The molecule has 0 amide bonds. The molecule has 0 aliphatic heterocycles. The van der Waals surface area contributed by atoms with Crippen LogP contribution >= 0.6 is 0 Å². The maximum Gasteiger partial charge on any atom is 0.118 e. The summed E-state index contributed by atoms with van der Waals surface area (Å²) in [5.41, 5.74) is 5.45. The molecule has 0 radical (unpaired) electrons. The molecule has 0 spiro atoms. The van der Waals surface area contributed by atoms with Crippen LogP contribution in [-0.2, 0) is 17.6 Å². The Hall–Kier alpha value is -1.84. The van der Waals surface area contributed by atoms with Crippen molar-refractivity contribution in [1.29, 1.82) is 0 Å². The number of likely N-dealkylation sites (N-methyl/N-ethyl adjacent to an activating group) is 1. The lowest BCUT2D eigenvalue weighted by atomic mass is 9.82. The summed E-state index contributed by atoms with van der Waals surface area (Å²) < 4.78 is 11.5. The molecule has 1 unspecified atom stereocenters. The van der Waals surface area contributed by atoms with Gasteiger partial charge in [0.05, 0.1) is 7.11 Å². The van der Waals surface area contributed by atoms with Gasteiger partial charge in [-0.2, -0.15) is 0 Å². The number of hydrogen-bond acceptors (Lipinski definition) is 3. The minimum atomic E-state index is -0.0215. The van der Waals surface area contributed by atoms with Gasteiger partial charge < -0.3 is 14.4 Å². The topological polar surface area (TPSA) is 21.7 Å². The van der Waals surface area contributed by atoms with E-state index in [0.29, 0.717) is 12.6 Å². The average molecular weight is 339 g/mol. The summed E-state index contributed by atoms with van der Waals surface area (Å²) in [6.07, 6.45) is 3.45. The molecule has 0 N–H and O–H groups in total. The van der Waals surface area contributed by atoms with Gasteiger partial charge in [0.2, 0.25) is 0 Å². The molecule has 3 heteroatoms. The average Bonchev–Trinajstić information content (AvgIpc) is 2.65. The quantitative estimate of drug-likeness (QED) is 0.786. The van der Waals surface area contributed by atoms with E-state index < -0.39 is 0 Å². The second-order valence-electron chi connectivity index (χ2n) is 6.95. The molecule has 3 nitrogen and oxygen atoms in total. The Kier molecular flexibility index (Phi) is 5.77. The normalized spacial score (nSPS) is 18.0. The molecule has 134 valence electrons. The summed E-state index contributed by atoms with van der Waals surface area (Å²) in [6.45, 7) is 2.76. The van der Waals surface area contributed by atoms with E-state index in [9.17, 15) is 0 Å². The van der Waals surface area contributed by atoms with Crippen LogP contribution in [0.15, 0.2) is 42.5 Å². The van der Waals surface area contributed by atoms with Crippen molar-refractivity contribution in [3.8, 4) is 5.75 Å². The highest BCUT2D eigenvalue weighted by atomic mass is 16.5. The highest BCUT2D eigenvalue weighted by molar-refractivity contribution is 5.43. The number of nitrogens with zero attached hydrogens (tertiary/aromatic N) is 1. The van der Waals surface area contributed by atoms with Gasteiger partial charge in [-0.3, -0.25) is 0 Å². The Labute approximate surface area is 151 Å². The van der Waals surface area contributed by atoms with Gasteiger partial charge in [-0.1, -0.05) is 30.3 Å². The van der Waals surface area contributed by atoms with E-state index >= 15 is 0 Å². The molecule has 0 saturated carbocycles. The van der Waals surface area contributed by atoms with Crippen LogP contribution < -0.4 is 4.74 Å². The highest BCUT2D eigenvalue weighted by Gasteiger charge is 2.26. The molecular formula is C22H29NO2. The molecule has 3 rings (SSSR count). The lowest BCUT2D eigenvalue weighted by Crippen LogP contribution is -2.34. The Balaban J connectivity index is 1.99. The molecule has 2 aromatic rings. The number of methoxy groups -OCH3 is 1. The summed E-state index contributed by atoms with van der Waals surface area (Å²) in [7, 11) is 6.06. The number of ether oxygens (including phenoxy) is 2. The SMILES string of the molecule is CCO[C@H](c1ccc(OC)cc1)c1cccc2c1CC(N(C)C)CC2. The van der Waals surface area contributed by atoms with Crippen LogP contribution in [-0.4, -0.2) is 38.8 Å². The van der Waals surface area contributed by atoms with Crippen molar-refractivity contribution in [3.63, 3.8) is 0 Å². The van der Waals surface area contributed by atoms with E-state index in [1.54, 1.807) is 7.11 Å². The van der Waals surface area contributed by atoms with Crippen LogP contribution in [0, 0.1) is 0 Å². The standard InChI is InChI=1S/C22H29NO2/c1-5-25-22(17-10-13-19(24-4)14-11-17)20-8-6-7-16-9-12-18(23(2)3)15-21(16)20/h6-8,10-11,13-14,18,22H,5,9,12,15H2,1-4H3/t18?,22-/m1/s1. The zero-order valence-electron chi connectivity index (χ0n) is 15.8. The zero-order valence-corrected chi connectivity index (χ0v) is 15.8. The predicted octanol–water partition coefficient (Wildman–Crippen LogP) is 4.24. The first-order valence-corrected chi connectivity index (χ1v) is 9.16. The van der Waals surface area contributed by atoms with Gasteiger partial charge in [-0.15, -0.1) is 0 Å². The number of aryl methyl sites for hydroxylation is 1. The summed E-state index contributed by atoms with van der Waals surface area (Å²) in [6, 6.07) is 15.6. The van der Waals surface area contributed by atoms with Gasteiger partial charge in [0.25, 0.3) is 0 Å². The van der Waals surface area contributed by atoms with Crippen molar-refractivity contribution in [1.82, 2.24) is 4.90 Å². The maximum atomic E-state index is 6.19. The second kappa shape index (κ2) is 8.03. The van der Waals surface area contributed by atoms with Crippen LogP contribution in [0.5, 0.6) is 5.75 Å². The predicted molar refractivity (Wildman–Crippen MR) is 102 cm³/mol. The van der Waals surface area contributed by atoms with Crippen LogP contribution in [0.25, 0.3) is 0 Å². The molecule has 2 atom stereocenters. The summed E-state index contributed by atoms with van der Waals surface area (Å²) in [5.74, 6) is 0.877. The summed E-state index contributed by atoms with van der Waals surface area (Å²) in [4.78, 5) is 2.35. The minimum absolute atomic E-state index is 0.0215. The molecule has 0 heterocycles. The molecule has 0 aromatic heterocycles. The molecular weight excluding hydrogens is 310 g/mol. The van der Waals surface area contributed by atoms with E-state index in [0.717, 1.165) is 18.6 Å². The van der Waals surface area contributed by atoms with Crippen LogP contribution in [0.1, 0.15) is 41.7 Å². The third kappa shape index (κ3) is 3.88. The third-order valence-electron chi connectivity index (χ3n) is 5.26. The van der Waals surface area contributed by atoms with Gasteiger partial charge in [-0.25, -0.2) is 0 Å². The number of benzene rings is 2. The smallest absolute Gasteiger partial charge is 0.118 e. The molecule has 0 fully saturated rings. The fraction of sp³-hybridized carbons (Fsp3) is 0.455. The largest absolute Gasteiger partial charge is 0.497 e. The number of rotatable bonds is 6. The third-order valence-corrected chi connectivity index (χ3v) is 5.26. The van der Waals surface area contributed by atoms with Crippen LogP contribution in [0.4, 0.5) is 0 Å². The van der Waals surface area contributed by atoms with E-state index in [-0.39, 0.29) is 6.10 Å². The highest BCUT2D eigenvalue weighted by Crippen LogP contribution is 2.35. The first-order valence-electron chi connectivity index (χ1n) is 9.16. The monoisotopic (exact) mass is 339 g/mol. The minimum Gasteiger partial charge on any atom is -0.497 e. The van der Waals surface area contributed by atoms with Crippen molar-refractivity contribution in [3.05, 3.63) is 64.7 Å². The molecule has 0 bridgehead atoms. The van der Waals surface area contributed by atoms with E-state index in [4.69, 9.17) is 9.47 Å². The fourth-order valence-corrected chi connectivity index (χ4v) is 3.79. The summed E-state index contributed by atoms with van der Waals surface area (Å²) >= 11 is 0. The number of fused-ring (bicyclic) bond motifs is 1. The maximum absolute atomic E-state index is 6.19. The van der Waals surface area contributed by atoms with Gasteiger partial charge in [0.15, 0.2) is 0 Å². The van der Waals surface area contributed by atoms with Gasteiger partial charge in [-0.05, 0) is 74.7 Å². The molecule has 0 saturated heterocycles. The Morgan fingerprint density at radius 3 is 2.52 bits per heavy atom. The van der Waals surface area contributed by atoms with Gasteiger partial charge >= 0.3 is 0 Å². The Morgan fingerprint density at radius 2 is 1.88 bits per heavy atom. The Bertz CT molecular complexity index is 694. The molecule has 1 aliphatic rings. The fourth-order valence-electron chi connectivity index (χ4n) is 3.79. The van der Waals surface area contributed by atoms with Crippen molar-refractivity contribution >= 4 is 0 Å². The van der Waals surface area contributed by atoms with E-state index in [1.807, 2.05) is 12.1 Å². The number of hydrogen-bond donors (Lipinski definition) is 0. The van der Waals surface area contributed by atoms with Gasteiger partial charge in [0.1, 0.15) is 11.9 Å². The van der Waals surface area contributed by atoms with Crippen molar-refractivity contribution < 1.29 is 9.47 Å². The lowest BCUT2D eigenvalue weighted by molar-refractivity contribution is 0.0901. The zero-order chi connectivity index (χ0) is 17.8. The first kappa shape index (κ1) is 18.0. The van der Waals surface area contributed by atoms with Crippen molar-refractivity contribution in [2.75, 3.05) is 27.8 Å². The van der Waals surface area contributed by atoms with Crippen molar-refractivity contribution in [2.45, 2.75) is 38.3 Å². The molecule has 25 heavy (non-hydrogen) atoms. The second-order valence-corrected chi connectivity index (χ2v) is 6.95. The van der Waals surface area contributed by atoms with Crippen molar-refractivity contribution in [2.24, 2.45) is 0 Å². The molecule has 1 aliphatic carbocycles. The lowest BCUT2D eigenvalue weighted by Gasteiger charge is -2.33.